The van der Waals surface area contributed by atoms with Crippen molar-refractivity contribution >= 4 is 28.8 Å². The van der Waals surface area contributed by atoms with Crippen molar-refractivity contribution in [1.29, 1.82) is 0 Å². The van der Waals surface area contributed by atoms with Gasteiger partial charge >= 0.3 is 6.18 Å². The predicted molar refractivity (Wildman–Crippen MR) is 122 cm³/mol. The number of H-pyrrole nitrogens is 1. The van der Waals surface area contributed by atoms with Crippen molar-refractivity contribution in [2.75, 3.05) is 31.2 Å². The molecule has 2 aromatic carbocycles. The van der Waals surface area contributed by atoms with Crippen LogP contribution in [-0.2, 0) is 17.5 Å². The van der Waals surface area contributed by atoms with Crippen molar-refractivity contribution < 1.29 is 17.9 Å². The van der Waals surface area contributed by atoms with Gasteiger partial charge in [-0.3, -0.25) is 14.6 Å². The van der Waals surface area contributed by atoms with Gasteiger partial charge < -0.3 is 9.64 Å². The molecule has 10 heteroatoms. The fourth-order valence-electron chi connectivity index (χ4n) is 4.17. The van der Waals surface area contributed by atoms with Crippen LogP contribution in [0.2, 0.25) is 0 Å². The van der Waals surface area contributed by atoms with E-state index in [-0.39, 0.29) is 5.52 Å². The Morgan fingerprint density at radius 1 is 1.03 bits per heavy atom. The highest BCUT2D eigenvalue weighted by Gasteiger charge is 2.34. The Labute approximate surface area is 192 Å². The molecule has 1 fully saturated rings. The molecule has 1 aliphatic rings. The molecule has 0 unspecified atom stereocenters. The summed E-state index contributed by atoms with van der Waals surface area (Å²) in [7, 11) is 0. The standard InChI is InChI=1S/C23H20F3N5OS/c24-23(25,26)18-8-4-7-16-19(18)27-13-17(20(16)30-9-11-32-12-10-30)21-28-29-22(33)31(21)14-15-5-2-1-3-6-15/h1-8,13H,9-12,14H2,(H,29,33). The van der Waals surface area contributed by atoms with Crippen molar-refractivity contribution in [1.82, 2.24) is 19.7 Å². The number of benzene rings is 2. The van der Waals surface area contributed by atoms with Crippen LogP contribution >= 0.6 is 12.2 Å². The van der Waals surface area contributed by atoms with Gasteiger partial charge in [-0.1, -0.05) is 42.5 Å². The number of ether oxygens (including phenoxy) is 1. The number of nitrogens with one attached hydrogen (secondary N) is 1. The van der Waals surface area contributed by atoms with E-state index in [1.54, 1.807) is 6.07 Å². The fourth-order valence-corrected chi connectivity index (χ4v) is 4.36. The Morgan fingerprint density at radius 2 is 1.79 bits per heavy atom. The van der Waals surface area contributed by atoms with E-state index in [0.717, 1.165) is 11.6 Å². The minimum absolute atomic E-state index is 0.0843. The lowest BCUT2D eigenvalue weighted by Gasteiger charge is -2.31. The van der Waals surface area contributed by atoms with Gasteiger partial charge in [0, 0.05) is 24.7 Å². The number of nitrogens with zero attached hydrogens (tertiary/aromatic N) is 4. The van der Waals surface area contributed by atoms with Gasteiger partial charge in [-0.15, -0.1) is 0 Å². The maximum atomic E-state index is 13.7. The Bertz CT molecular complexity index is 1340. The molecular formula is C23H20F3N5OS. The second-order valence-corrected chi connectivity index (χ2v) is 8.13. The smallest absolute Gasteiger partial charge is 0.378 e. The molecule has 4 aromatic rings. The number of aromatic amines is 1. The average molecular weight is 472 g/mol. The molecule has 0 radical (unpaired) electrons. The number of rotatable bonds is 4. The minimum atomic E-state index is -4.51. The molecule has 0 aliphatic carbocycles. The quantitative estimate of drug-likeness (QED) is 0.422. The van der Waals surface area contributed by atoms with E-state index in [2.05, 4.69) is 15.2 Å². The second-order valence-electron chi connectivity index (χ2n) is 7.74. The van der Waals surface area contributed by atoms with Gasteiger partial charge in [0.2, 0.25) is 0 Å². The molecule has 2 aromatic heterocycles. The lowest BCUT2D eigenvalue weighted by atomic mass is 10.0. The fraction of sp³-hybridized carbons (Fsp3) is 0.261. The molecule has 6 nitrogen and oxygen atoms in total. The van der Waals surface area contributed by atoms with E-state index in [1.165, 1.54) is 12.3 Å². The summed E-state index contributed by atoms with van der Waals surface area (Å²) in [6.07, 6.45) is -3.04. The number of aromatic nitrogens is 4. The molecule has 0 bridgehead atoms. The molecule has 0 spiro atoms. The summed E-state index contributed by atoms with van der Waals surface area (Å²) in [5.41, 5.74) is 1.45. The first-order chi connectivity index (χ1) is 15.9. The topological polar surface area (TPSA) is 59.0 Å². The molecule has 0 saturated carbocycles. The van der Waals surface area contributed by atoms with Gasteiger partial charge in [0.15, 0.2) is 10.6 Å². The highest BCUT2D eigenvalue weighted by molar-refractivity contribution is 7.71. The Hall–Kier alpha value is -3.24. The highest BCUT2D eigenvalue weighted by Crippen LogP contribution is 2.41. The molecular weight excluding hydrogens is 451 g/mol. The van der Waals surface area contributed by atoms with Crippen LogP contribution in [-0.4, -0.2) is 46.1 Å². The van der Waals surface area contributed by atoms with Crippen molar-refractivity contribution in [3.8, 4) is 11.4 Å². The van der Waals surface area contributed by atoms with Crippen molar-refractivity contribution in [2.45, 2.75) is 12.7 Å². The summed E-state index contributed by atoms with van der Waals surface area (Å²) in [5.74, 6) is 0.525. The number of para-hydroxylation sites is 1. The molecule has 5 rings (SSSR count). The number of anilines is 1. The maximum Gasteiger partial charge on any atom is 0.418 e. The third-order valence-electron chi connectivity index (χ3n) is 5.68. The summed E-state index contributed by atoms with van der Waals surface area (Å²) in [4.78, 5) is 6.29. The maximum absolute atomic E-state index is 13.7. The molecule has 0 amide bonds. The molecule has 1 N–H and O–H groups in total. The minimum Gasteiger partial charge on any atom is -0.378 e. The van der Waals surface area contributed by atoms with E-state index in [0.29, 0.717) is 60.1 Å². The number of morpholine rings is 1. The summed E-state index contributed by atoms with van der Waals surface area (Å²) < 4.78 is 48.9. The predicted octanol–water partition coefficient (Wildman–Crippen LogP) is 5.06. The van der Waals surface area contributed by atoms with E-state index >= 15 is 0 Å². The SMILES string of the molecule is FC(F)(F)c1cccc2c(N3CCOCC3)c(-c3n[nH]c(=S)n3Cc3ccccc3)cnc12. The van der Waals surface area contributed by atoms with Gasteiger partial charge in [0.25, 0.3) is 0 Å². The van der Waals surface area contributed by atoms with Crippen molar-refractivity contribution in [3.63, 3.8) is 0 Å². The Kier molecular flexibility index (Phi) is 5.63. The van der Waals surface area contributed by atoms with E-state index in [1.807, 2.05) is 39.8 Å². The monoisotopic (exact) mass is 471 g/mol. The highest BCUT2D eigenvalue weighted by atomic mass is 32.1. The molecule has 3 heterocycles. The van der Waals surface area contributed by atoms with Gasteiger partial charge in [-0.2, -0.15) is 18.3 Å². The van der Waals surface area contributed by atoms with E-state index < -0.39 is 11.7 Å². The molecule has 1 aliphatic heterocycles. The normalized spacial score (nSPS) is 14.7. The Morgan fingerprint density at radius 3 is 2.52 bits per heavy atom. The zero-order chi connectivity index (χ0) is 23.0. The summed E-state index contributed by atoms with van der Waals surface area (Å²) in [6.45, 7) is 2.53. The van der Waals surface area contributed by atoms with Gasteiger partial charge in [-0.05, 0) is 23.8 Å². The summed E-state index contributed by atoms with van der Waals surface area (Å²) >= 11 is 5.48. The van der Waals surface area contributed by atoms with Gasteiger partial charge in [0.05, 0.1) is 42.1 Å². The summed E-state index contributed by atoms with van der Waals surface area (Å²) in [6, 6.07) is 13.9. The van der Waals surface area contributed by atoms with Crippen LogP contribution in [0.1, 0.15) is 11.1 Å². The second kappa shape index (κ2) is 8.60. The summed E-state index contributed by atoms with van der Waals surface area (Å²) in [5, 5.41) is 7.70. The average Bonchev–Trinajstić information content (AvgIpc) is 3.18. The van der Waals surface area contributed by atoms with Gasteiger partial charge in [-0.25, -0.2) is 0 Å². The number of pyridine rings is 1. The molecule has 33 heavy (non-hydrogen) atoms. The first kappa shape index (κ1) is 21.6. The molecule has 0 atom stereocenters. The number of alkyl halides is 3. The van der Waals surface area contributed by atoms with Crippen LogP contribution in [0.15, 0.2) is 54.7 Å². The van der Waals surface area contributed by atoms with Crippen molar-refractivity contribution in [3.05, 3.63) is 70.6 Å². The third-order valence-corrected chi connectivity index (χ3v) is 6.00. The van der Waals surface area contributed by atoms with Crippen molar-refractivity contribution in [2.24, 2.45) is 0 Å². The van der Waals surface area contributed by atoms with Crippen LogP contribution in [0.3, 0.4) is 0 Å². The van der Waals surface area contributed by atoms with Crippen LogP contribution in [0.5, 0.6) is 0 Å². The number of halogens is 3. The third kappa shape index (κ3) is 4.11. The van der Waals surface area contributed by atoms with Gasteiger partial charge in [0.1, 0.15) is 0 Å². The van der Waals surface area contributed by atoms with Crippen LogP contribution in [0, 0.1) is 4.77 Å². The van der Waals surface area contributed by atoms with E-state index in [9.17, 15) is 13.2 Å². The zero-order valence-electron chi connectivity index (χ0n) is 17.5. The molecule has 170 valence electrons. The Balaban J connectivity index is 1.73. The first-order valence-electron chi connectivity index (χ1n) is 10.4. The molecule has 1 saturated heterocycles. The van der Waals surface area contributed by atoms with Crippen LogP contribution in [0.4, 0.5) is 18.9 Å². The number of hydrogen-bond donors (Lipinski definition) is 1. The lowest BCUT2D eigenvalue weighted by Crippen LogP contribution is -2.36. The number of hydrogen-bond acceptors (Lipinski definition) is 5. The van der Waals surface area contributed by atoms with Crippen LogP contribution < -0.4 is 4.90 Å². The zero-order valence-corrected chi connectivity index (χ0v) is 18.3. The van der Waals surface area contributed by atoms with Crippen LogP contribution in [0.25, 0.3) is 22.3 Å². The largest absolute Gasteiger partial charge is 0.418 e. The lowest BCUT2D eigenvalue weighted by molar-refractivity contribution is -0.136. The number of fused-ring (bicyclic) bond motifs is 1. The van der Waals surface area contributed by atoms with E-state index in [4.69, 9.17) is 17.0 Å². The first-order valence-corrected chi connectivity index (χ1v) is 10.9.